The molecule has 0 atom stereocenters. The van der Waals surface area contributed by atoms with Crippen molar-refractivity contribution in [1.29, 1.82) is 0 Å². The van der Waals surface area contributed by atoms with E-state index in [0.717, 1.165) is 25.3 Å². The van der Waals surface area contributed by atoms with Gasteiger partial charge in [-0.05, 0) is 47.7 Å². The fourth-order valence-corrected chi connectivity index (χ4v) is 2.95. The van der Waals surface area contributed by atoms with E-state index in [1.54, 1.807) is 0 Å². The third-order valence-electron chi connectivity index (χ3n) is 4.11. The van der Waals surface area contributed by atoms with E-state index in [0.29, 0.717) is 0 Å². The van der Waals surface area contributed by atoms with Crippen LogP contribution in [0.25, 0.3) is 0 Å². The van der Waals surface area contributed by atoms with Gasteiger partial charge >= 0.3 is 0 Å². The van der Waals surface area contributed by atoms with Crippen LogP contribution in [0.15, 0.2) is 36.4 Å². The molecule has 1 aliphatic rings. The predicted molar refractivity (Wildman–Crippen MR) is 79.7 cm³/mol. The maximum absolute atomic E-state index is 6.06. The Bertz CT molecular complexity index is 596. The summed E-state index contributed by atoms with van der Waals surface area (Å²) in [6, 6.07) is 12.8. The minimum Gasteiger partial charge on any atom is -0.398 e. The molecule has 0 saturated carbocycles. The Kier molecular flexibility index (Phi) is 3.03. The monoisotopic (exact) mass is 252 g/mol. The summed E-state index contributed by atoms with van der Waals surface area (Å²) in [6.45, 7) is 7.37. The second-order valence-corrected chi connectivity index (χ2v) is 5.50. The summed E-state index contributed by atoms with van der Waals surface area (Å²) < 4.78 is 0. The second kappa shape index (κ2) is 4.71. The Hall–Kier alpha value is -1.80. The van der Waals surface area contributed by atoms with Gasteiger partial charge in [0.15, 0.2) is 0 Å². The number of nitrogens with zero attached hydrogens (tertiary/aromatic N) is 1. The van der Waals surface area contributed by atoms with Crippen molar-refractivity contribution < 1.29 is 0 Å². The van der Waals surface area contributed by atoms with Crippen molar-refractivity contribution in [2.75, 3.05) is 5.73 Å². The molecule has 3 rings (SSSR count). The first kappa shape index (κ1) is 12.2. The zero-order valence-corrected chi connectivity index (χ0v) is 11.6. The van der Waals surface area contributed by atoms with Crippen LogP contribution in [-0.2, 0) is 19.6 Å². The summed E-state index contributed by atoms with van der Waals surface area (Å²) >= 11 is 0. The summed E-state index contributed by atoms with van der Waals surface area (Å²) in [5, 5.41) is 0. The number of hydrogen-bond acceptors (Lipinski definition) is 2. The normalized spacial score (nSPS) is 14.6. The van der Waals surface area contributed by atoms with E-state index in [1.165, 1.54) is 27.8 Å². The van der Waals surface area contributed by atoms with Crippen molar-refractivity contribution in [2.45, 2.75) is 33.5 Å². The maximum Gasteiger partial charge on any atom is 0.0363 e. The number of nitrogen functional groups attached to an aromatic ring is 1. The molecule has 0 radical (unpaired) electrons. The van der Waals surface area contributed by atoms with Gasteiger partial charge in [0.05, 0.1) is 0 Å². The molecular weight excluding hydrogens is 232 g/mol. The highest BCUT2D eigenvalue weighted by atomic mass is 15.1. The highest BCUT2D eigenvalue weighted by Crippen LogP contribution is 2.29. The van der Waals surface area contributed by atoms with E-state index in [1.807, 2.05) is 6.07 Å². The summed E-state index contributed by atoms with van der Waals surface area (Å²) in [6.07, 6.45) is 0. The van der Waals surface area contributed by atoms with E-state index >= 15 is 0 Å². The summed E-state index contributed by atoms with van der Waals surface area (Å²) in [5.41, 5.74) is 13.9. The van der Waals surface area contributed by atoms with Crippen molar-refractivity contribution in [3.63, 3.8) is 0 Å². The Morgan fingerprint density at radius 3 is 2.37 bits per heavy atom. The molecule has 2 aromatic rings. The van der Waals surface area contributed by atoms with Gasteiger partial charge in [0, 0.05) is 25.3 Å². The molecule has 19 heavy (non-hydrogen) atoms. The Balaban J connectivity index is 1.83. The first-order chi connectivity index (χ1) is 9.15. The molecule has 0 spiro atoms. The molecule has 98 valence electrons. The lowest BCUT2D eigenvalue weighted by Gasteiger charge is -2.18. The van der Waals surface area contributed by atoms with Crippen LogP contribution in [0.5, 0.6) is 0 Å². The molecule has 0 aliphatic carbocycles. The second-order valence-electron chi connectivity index (χ2n) is 5.50. The molecule has 0 fully saturated rings. The van der Waals surface area contributed by atoms with Crippen LogP contribution in [0.4, 0.5) is 5.69 Å². The summed E-state index contributed by atoms with van der Waals surface area (Å²) in [4.78, 5) is 2.47. The molecule has 2 heteroatoms. The van der Waals surface area contributed by atoms with Crippen molar-refractivity contribution in [2.24, 2.45) is 0 Å². The van der Waals surface area contributed by atoms with E-state index < -0.39 is 0 Å². The molecule has 2 N–H and O–H groups in total. The minimum atomic E-state index is 0.932. The van der Waals surface area contributed by atoms with Crippen LogP contribution in [-0.4, -0.2) is 4.90 Å². The SMILES string of the molecule is Cc1cccc(C)c1CN1Cc2cccc(N)c2C1. The first-order valence-corrected chi connectivity index (χ1v) is 6.79. The van der Waals surface area contributed by atoms with Crippen LogP contribution in [0, 0.1) is 13.8 Å². The highest BCUT2D eigenvalue weighted by Gasteiger charge is 2.21. The Labute approximate surface area is 114 Å². The molecular formula is C17H20N2. The number of fused-ring (bicyclic) bond motifs is 1. The third-order valence-corrected chi connectivity index (χ3v) is 4.11. The molecule has 0 aromatic heterocycles. The summed E-state index contributed by atoms with van der Waals surface area (Å²) in [7, 11) is 0. The smallest absolute Gasteiger partial charge is 0.0363 e. The average Bonchev–Trinajstić information content (AvgIpc) is 2.78. The molecule has 2 nitrogen and oxygen atoms in total. The lowest BCUT2D eigenvalue weighted by Crippen LogP contribution is -2.17. The van der Waals surface area contributed by atoms with Crippen molar-refractivity contribution >= 4 is 5.69 Å². The molecule has 2 aromatic carbocycles. The fraction of sp³-hybridized carbons (Fsp3) is 0.294. The lowest BCUT2D eigenvalue weighted by atomic mass is 10.0. The van der Waals surface area contributed by atoms with Crippen molar-refractivity contribution in [1.82, 2.24) is 4.90 Å². The third kappa shape index (κ3) is 2.24. The number of benzene rings is 2. The van der Waals surface area contributed by atoms with Gasteiger partial charge in [-0.1, -0.05) is 30.3 Å². The zero-order chi connectivity index (χ0) is 13.4. The van der Waals surface area contributed by atoms with Crippen LogP contribution in [0.2, 0.25) is 0 Å². The minimum absolute atomic E-state index is 0.932. The largest absolute Gasteiger partial charge is 0.398 e. The predicted octanol–water partition coefficient (Wildman–Crippen LogP) is 3.40. The number of rotatable bonds is 2. The standard InChI is InChI=1S/C17H20N2/c1-12-5-3-6-13(2)15(12)10-19-9-14-7-4-8-17(18)16(14)11-19/h3-8H,9-11,18H2,1-2H3. The molecule has 0 saturated heterocycles. The maximum atomic E-state index is 6.06. The van der Waals surface area contributed by atoms with E-state index in [-0.39, 0.29) is 0 Å². The Morgan fingerprint density at radius 1 is 1.00 bits per heavy atom. The lowest BCUT2D eigenvalue weighted by molar-refractivity contribution is 0.274. The van der Waals surface area contributed by atoms with Gasteiger partial charge in [0.2, 0.25) is 0 Å². The molecule has 1 heterocycles. The first-order valence-electron chi connectivity index (χ1n) is 6.79. The van der Waals surface area contributed by atoms with Gasteiger partial charge < -0.3 is 5.73 Å². The summed E-state index contributed by atoms with van der Waals surface area (Å²) in [5.74, 6) is 0. The molecule has 0 amide bonds. The number of hydrogen-bond donors (Lipinski definition) is 1. The van der Waals surface area contributed by atoms with Crippen LogP contribution >= 0.6 is 0 Å². The zero-order valence-electron chi connectivity index (χ0n) is 11.6. The quantitative estimate of drug-likeness (QED) is 0.830. The van der Waals surface area contributed by atoms with Crippen molar-refractivity contribution in [3.8, 4) is 0 Å². The Morgan fingerprint density at radius 2 is 1.68 bits per heavy atom. The van der Waals surface area contributed by atoms with Gasteiger partial charge in [0.25, 0.3) is 0 Å². The van der Waals surface area contributed by atoms with Crippen LogP contribution < -0.4 is 5.73 Å². The van der Waals surface area contributed by atoms with Gasteiger partial charge in [-0.25, -0.2) is 0 Å². The number of aryl methyl sites for hydroxylation is 2. The highest BCUT2D eigenvalue weighted by molar-refractivity contribution is 5.52. The van der Waals surface area contributed by atoms with Gasteiger partial charge in [0.1, 0.15) is 0 Å². The van der Waals surface area contributed by atoms with E-state index in [2.05, 4.69) is 49.1 Å². The van der Waals surface area contributed by atoms with Crippen LogP contribution in [0.3, 0.4) is 0 Å². The van der Waals surface area contributed by atoms with Crippen LogP contribution in [0.1, 0.15) is 27.8 Å². The molecule has 0 bridgehead atoms. The number of nitrogens with two attached hydrogens (primary N) is 1. The van der Waals surface area contributed by atoms with E-state index in [4.69, 9.17) is 5.73 Å². The fourth-order valence-electron chi connectivity index (χ4n) is 2.95. The molecule has 1 aliphatic heterocycles. The van der Waals surface area contributed by atoms with E-state index in [9.17, 15) is 0 Å². The average molecular weight is 252 g/mol. The van der Waals surface area contributed by atoms with Gasteiger partial charge in [-0.3, -0.25) is 4.90 Å². The molecule has 0 unspecified atom stereocenters. The topological polar surface area (TPSA) is 29.3 Å². The van der Waals surface area contributed by atoms with Gasteiger partial charge in [-0.2, -0.15) is 0 Å². The number of anilines is 1. The van der Waals surface area contributed by atoms with Crippen molar-refractivity contribution in [3.05, 3.63) is 64.2 Å². The van der Waals surface area contributed by atoms with Gasteiger partial charge in [-0.15, -0.1) is 0 Å².